The molecule has 0 saturated heterocycles. The maximum Gasteiger partial charge on any atom is 0.353 e. The molecule has 3 aromatic heterocycles. The maximum atomic E-state index is 12.0. The van der Waals surface area contributed by atoms with Crippen LogP contribution in [0.15, 0.2) is 71.6 Å². The summed E-state index contributed by atoms with van der Waals surface area (Å²) in [6.07, 6.45) is 1.75. The molecule has 0 saturated carbocycles. The molecule has 0 spiro atoms. The highest BCUT2D eigenvalue weighted by Crippen LogP contribution is 2.25. The van der Waals surface area contributed by atoms with E-state index in [9.17, 15) is 4.79 Å². The summed E-state index contributed by atoms with van der Waals surface area (Å²) >= 11 is 3.00. The Balaban J connectivity index is 1.54. The van der Waals surface area contributed by atoms with E-state index in [0.717, 1.165) is 16.1 Å². The molecule has 4 aromatic rings. The van der Waals surface area contributed by atoms with Gasteiger partial charge in [-0.25, -0.2) is 14.8 Å². The molecule has 122 valence electrons. The predicted molar refractivity (Wildman–Crippen MR) is 100 cm³/mol. The Labute approximate surface area is 152 Å². The molecule has 0 aliphatic carbocycles. The molecule has 0 unspecified atom stereocenters. The summed E-state index contributed by atoms with van der Waals surface area (Å²) in [4.78, 5) is 22.6. The van der Waals surface area contributed by atoms with Crippen molar-refractivity contribution < 1.29 is 9.53 Å². The van der Waals surface area contributed by atoms with Crippen molar-refractivity contribution in [3.8, 4) is 27.7 Å². The first kappa shape index (κ1) is 15.7. The van der Waals surface area contributed by atoms with Crippen molar-refractivity contribution in [2.75, 3.05) is 0 Å². The van der Waals surface area contributed by atoms with Crippen molar-refractivity contribution in [2.24, 2.45) is 0 Å². The van der Waals surface area contributed by atoms with E-state index < -0.39 is 0 Å². The second-order valence-electron chi connectivity index (χ2n) is 5.13. The third kappa shape index (κ3) is 3.50. The summed E-state index contributed by atoms with van der Waals surface area (Å²) in [6.45, 7) is 0. The number of aromatic nitrogens is 2. The smallest absolute Gasteiger partial charge is 0.353 e. The first-order valence-corrected chi connectivity index (χ1v) is 9.28. The van der Waals surface area contributed by atoms with Gasteiger partial charge in [0.05, 0.1) is 10.6 Å². The minimum Gasteiger partial charge on any atom is -0.422 e. The molecule has 0 fully saturated rings. The number of esters is 1. The van der Waals surface area contributed by atoms with Gasteiger partial charge in [-0.1, -0.05) is 12.1 Å². The van der Waals surface area contributed by atoms with Gasteiger partial charge in [0.2, 0.25) is 0 Å². The topological polar surface area (TPSA) is 52.1 Å². The van der Waals surface area contributed by atoms with Crippen LogP contribution in [-0.4, -0.2) is 15.9 Å². The molecule has 3 heterocycles. The van der Waals surface area contributed by atoms with E-state index >= 15 is 0 Å². The number of rotatable bonds is 4. The lowest BCUT2D eigenvalue weighted by atomic mass is 10.2. The molecule has 4 rings (SSSR count). The second kappa shape index (κ2) is 6.96. The summed E-state index contributed by atoms with van der Waals surface area (Å²) in [5.41, 5.74) is 1.77. The second-order valence-corrected chi connectivity index (χ2v) is 7.03. The zero-order valence-corrected chi connectivity index (χ0v) is 14.6. The average Bonchev–Trinajstić information content (AvgIpc) is 3.36. The molecule has 4 nitrogen and oxygen atoms in total. The monoisotopic (exact) mass is 364 g/mol. The lowest BCUT2D eigenvalue weighted by Gasteiger charge is -2.05. The zero-order chi connectivity index (χ0) is 17.1. The van der Waals surface area contributed by atoms with Crippen LogP contribution in [0.4, 0.5) is 0 Å². The highest BCUT2D eigenvalue weighted by atomic mass is 32.1. The van der Waals surface area contributed by atoms with E-state index in [4.69, 9.17) is 4.74 Å². The third-order valence-corrected chi connectivity index (χ3v) is 5.22. The van der Waals surface area contributed by atoms with Gasteiger partial charge in [-0.3, -0.25) is 0 Å². The van der Waals surface area contributed by atoms with Crippen LogP contribution < -0.4 is 4.74 Å². The van der Waals surface area contributed by atoms with Crippen LogP contribution in [-0.2, 0) is 0 Å². The van der Waals surface area contributed by atoms with Crippen LogP contribution in [0.3, 0.4) is 0 Å². The Morgan fingerprint density at radius 3 is 2.44 bits per heavy atom. The van der Waals surface area contributed by atoms with Gasteiger partial charge >= 0.3 is 5.97 Å². The Morgan fingerprint density at radius 2 is 1.72 bits per heavy atom. The number of nitrogens with zero attached hydrogens (tertiary/aromatic N) is 2. The molecular weight excluding hydrogens is 352 g/mol. The largest absolute Gasteiger partial charge is 0.422 e. The van der Waals surface area contributed by atoms with Gasteiger partial charge in [-0.05, 0) is 53.2 Å². The molecule has 1 aromatic carbocycles. The average molecular weight is 364 g/mol. The van der Waals surface area contributed by atoms with Crippen molar-refractivity contribution in [3.63, 3.8) is 0 Å². The lowest BCUT2D eigenvalue weighted by Crippen LogP contribution is -2.06. The third-order valence-electron chi connectivity index (χ3n) is 3.47. The minimum absolute atomic E-state index is 0.348. The zero-order valence-electron chi connectivity index (χ0n) is 13.0. The van der Waals surface area contributed by atoms with Crippen molar-refractivity contribution in [2.45, 2.75) is 0 Å². The molecule has 0 atom stereocenters. The fraction of sp³-hybridized carbons (Fsp3) is 0. The Morgan fingerprint density at radius 1 is 0.920 bits per heavy atom. The van der Waals surface area contributed by atoms with Crippen LogP contribution in [0, 0.1) is 0 Å². The molecule has 0 aliphatic heterocycles. The normalized spacial score (nSPS) is 10.6. The minimum atomic E-state index is -0.348. The summed E-state index contributed by atoms with van der Waals surface area (Å²) in [5, 5.41) is 3.87. The number of ether oxygens (including phenoxy) is 1. The molecule has 0 N–H and O–H groups in total. The SMILES string of the molecule is O=C(Oc1ccc(-c2nccc(-c3cccs3)n2)cc1)c1cccs1. The van der Waals surface area contributed by atoms with Gasteiger partial charge < -0.3 is 4.74 Å². The van der Waals surface area contributed by atoms with E-state index in [1.54, 1.807) is 35.7 Å². The number of benzene rings is 1. The van der Waals surface area contributed by atoms with Crippen molar-refractivity contribution in [1.29, 1.82) is 0 Å². The Hall–Kier alpha value is -2.83. The molecule has 0 radical (unpaired) electrons. The van der Waals surface area contributed by atoms with Crippen LogP contribution in [0.1, 0.15) is 9.67 Å². The highest BCUT2D eigenvalue weighted by molar-refractivity contribution is 7.13. The maximum absolute atomic E-state index is 12.0. The van der Waals surface area contributed by atoms with E-state index in [2.05, 4.69) is 9.97 Å². The predicted octanol–water partition coefficient (Wildman–Crippen LogP) is 5.15. The van der Waals surface area contributed by atoms with Gasteiger partial charge in [0, 0.05) is 11.8 Å². The molecule has 0 amide bonds. The van der Waals surface area contributed by atoms with Crippen LogP contribution in [0.25, 0.3) is 22.0 Å². The number of carbonyl (C=O) groups is 1. The van der Waals surface area contributed by atoms with E-state index in [1.807, 2.05) is 47.2 Å². The number of hydrogen-bond donors (Lipinski definition) is 0. The van der Waals surface area contributed by atoms with Crippen LogP contribution >= 0.6 is 22.7 Å². The van der Waals surface area contributed by atoms with Gasteiger partial charge in [-0.15, -0.1) is 22.7 Å². The first-order valence-electron chi connectivity index (χ1n) is 7.53. The number of hydrogen-bond acceptors (Lipinski definition) is 6. The fourth-order valence-corrected chi connectivity index (χ4v) is 3.58. The summed E-state index contributed by atoms with van der Waals surface area (Å²) < 4.78 is 5.36. The van der Waals surface area contributed by atoms with E-state index in [1.165, 1.54) is 11.3 Å². The summed E-state index contributed by atoms with van der Waals surface area (Å²) in [6, 6.07) is 16.7. The molecular formula is C19H12N2O2S2. The summed E-state index contributed by atoms with van der Waals surface area (Å²) in [5.74, 6) is 0.789. The van der Waals surface area contributed by atoms with Crippen LogP contribution in [0.2, 0.25) is 0 Å². The fourth-order valence-electron chi connectivity index (χ4n) is 2.28. The van der Waals surface area contributed by atoms with Crippen molar-refractivity contribution in [3.05, 3.63) is 76.4 Å². The number of carbonyl (C=O) groups excluding carboxylic acids is 1. The molecule has 6 heteroatoms. The Bertz CT molecular complexity index is 979. The van der Waals surface area contributed by atoms with E-state index in [-0.39, 0.29) is 5.97 Å². The van der Waals surface area contributed by atoms with Crippen molar-refractivity contribution >= 4 is 28.6 Å². The van der Waals surface area contributed by atoms with E-state index in [0.29, 0.717) is 16.5 Å². The molecule has 25 heavy (non-hydrogen) atoms. The summed E-state index contributed by atoms with van der Waals surface area (Å²) in [7, 11) is 0. The first-order chi connectivity index (χ1) is 12.3. The van der Waals surface area contributed by atoms with Gasteiger partial charge in [0.25, 0.3) is 0 Å². The van der Waals surface area contributed by atoms with Crippen LogP contribution in [0.5, 0.6) is 5.75 Å². The molecule has 0 bridgehead atoms. The quantitative estimate of drug-likeness (QED) is 0.371. The van der Waals surface area contributed by atoms with Gasteiger partial charge in [-0.2, -0.15) is 0 Å². The standard InChI is InChI=1S/C19H12N2O2S2/c22-19(17-4-2-12-25-17)23-14-7-5-13(6-8-14)18-20-10-9-15(21-18)16-3-1-11-24-16/h1-12H. The highest BCUT2D eigenvalue weighted by Gasteiger charge is 2.10. The van der Waals surface area contributed by atoms with Gasteiger partial charge in [0.15, 0.2) is 5.82 Å². The molecule has 0 aliphatic rings. The van der Waals surface area contributed by atoms with Crippen molar-refractivity contribution in [1.82, 2.24) is 9.97 Å². The van der Waals surface area contributed by atoms with Gasteiger partial charge in [0.1, 0.15) is 10.6 Å². The lowest BCUT2D eigenvalue weighted by molar-refractivity contribution is 0.0740. The Kier molecular flexibility index (Phi) is 4.37. The number of thiophene rings is 2.